The molecule has 0 aliphatic heterocycles. The van der Waals surface area contributed by atoms with E-state index in [4.69, 9.17) is 9.84 Å². The van der Waals surface area contributed by atoms with Gasteiger partial charge in [0.2, 0.25) is 0 Å². The van der Waals surface area contributed by atoms with Crippen LogP contribution in [0.1, 0.15) is 71.1 Å². The maximum atomic E-state index is 10.8. The number of unbranched alkanes of at least 4 members (excludes halogenated alkanes) is 1. The normalized spacial score (nSPS) is 37.2. The van der Waals surface area contributed by atoms with Gasteiger partial charge in [-0.05, 0) is 55.9 Å². The van der Waals surface area contributed by atoms with Crippen LogP contribution in [0.25, 0.3) is 0 Å². The Morgan fingerprint density at radius 1 is 1.31 bits per heavy atom. The standard InChI is InChI=1S/C24H36O5/c1-16-19(10-6-7-11-22(27)28)24(29-2)15-14-21(26)18(23(16)24)12-13-20(25)17-8-4-3-5-9-17/h10,16-18,20-21,23,25-26H,3-9,11,14-15H2,1-2H3,(H,27,28)/b19-10-. The van der Waals surface area contributed by atoms with Gasteiger partial charge in [-0.25, -0.2) is 0 Å². The summed E-state index contributed by atoms with van der Waals surface area (Å²) < 4.78 is 6.01. The summed E-state index contributed by atoms with van der Waals surface area (Å²) in [7, 11) is 1.73. The summed E-state index contributed by atoms with van der Waals surface area (Å²) in [6, 6.07) is 0. The molecule has 0 radical (unpaired) electrons. The Hall–Kier alpha value is -1.35. The lowest BCUT2D eigenvalue weighted by atomic mass is 9.48. The van der Waals surface area contributed by atoms with Gasteiger partial charge in [0.1, 0.15) is 6.10 Å². The number of methoxy groups -OCH3 is 1. The lowest BCUT2D eigenvalue weighted by molar-refractivity contribution is -0.162. The molecular weight excluding hydrogens is 368 g/mol. The zero-order valence-electron chi connectivity index (χ0n) is 17.8. The Balaban J connectivity index is 1.72. The van der Waals surface area contributed by atoms with Gasteiger partial charge in [0.15, 0.2) is 0 Å². The Morgan fingerprint density at radius 3 is 2.69 bits per heavy atom. The maximum Gasteiger partial charge on any atom is 0.303 e. The molecule has 0 heterocycles. The average molecular weight is 405 g/mol. The minimum atomic E-state index is -0.767. The van der Waals surface area contributed by atoms with Crippen molar-refractivity contribution >= 4 is 5.97 Å². The van der Waals surface area contributed by atoms with E-state index in [1.165, 1.54) is 12.0 Å². The van der Waals surface area contributed by atoms with Crippen molar-refractivity contribution in [1.82, 2.24) is 0 Å². The summed E-state index contributed by atoms with van der Waals surface area (Å²) in [5.74, 6) is 5.97. The highest BCUT2D eigenvalue weighted by molar-refractivity contribution is 5.66. The highest BCUT2D eigenvalue weighted by atomic mass is 16.5. The molecule has 6 unspecified atom stereocenters. The number of rotatable bonds is 6. The minimum absolute atomic E-state index is 0.105. The lowest BCUT2D eigenvalue weighted by Gasteiger charge is -2.61. The van der Waals surface area contributed by atoms with Crippen LogP contribution in [0, 0.1) is 35.5 Å². The van der Waals surface area contributed by atoms with Crippen LogP contribution < -0.4 is 0 Å². The van der Waals surface area contributed by atoms with E-state index in [9.17, 15) is 15.0 Å². The van der Waals surface area contributed by atoms with E-state index in [-0.39, 0.29) is 30.1 Å². The van der Waals surface area contributed by atoms with Gasteiger partial charge in [-0.3, -0.25) is 4.79 Å². The van der Waals surface area contributed by atoms with E-state index in [1.807, 2.05) is 0 Å². The van der Waals surface area contributed by atoms with Crippen molar-refractivity contribution in [2.75, 3.05) is 7.11 Å². The Labute approximate surface area is 174 Å². The van der Waals surface area contributed by atoms with Crippen LogP contribution in [-0.4, -0.2) is 46.2 Å². The molecule has 5 nitrogen and oxygen atoms in total. The molecule has 5 heteroatoms. The number of carbonyl (C=O) groups is 1. The number of aliphatic hydroxyl groups is 2. The second-order valence-electron chi connectivity index (χ2n) is 9.12. The summed E-state index contributed by atoms with van der Waals surface area (Å²) in [6.45, 7) is 2.15. The molecule has 0 aromatic carbocycles. The molecule has 0 aromatic heterocycles. The quantitative estimate of drug-likeness (QED) is 0.358. The summed E-state index contributed by atoms with van der Waals surface area (Å²) in [6.07, 6.45) is 9.59. The summed E-state index contributed by atoms with van der Waals surface area (Å²) >= 11 is 0. The summed E-state index contributed by atoms with van der Waals surface area (Å²) in [4.78, 5) is 10.8. The van der Waals surface area contributed by atoms with Crippen LogP contribution in [0.5, 0.6) is 0 Å². The number of fused-ring (bicyclic) bond motifs is 1. The van der Waals surface area contributed by atoms with E-state index in [1.54, 1.807) is 7.11 Å². The fraction of sp³-hybridized carbons (Fsp3) is 0.792. The fourth-order valence-corrected chi connectivity index (χ4v) is 5.93. The van der Waals surface area contributed by atoms with Crippen molar-refractivity contribution in [3.05, 3.63) is 11.6 Å². The monoisotopic (exact) mass is 404 g/mol. The van der Waals surface area contributed by atoms with E-state index >= 15 is 0 Å². The number of allylic oxidation sites excluding steroid dienone is 1. The number of carboxylic acids is 1. The molecule has 3 saturated carbocycles. The third-order valence-corrected chi connectivity index (χ3v) is 7.49. The number of aliphatic hydroxyl groups excluding tert-OH is 2. The second-order valence-corrected chi connectivity index (χ2v) is 9.12. The predicted molar refractivity (Wildman–Crippen MR) is 111 cm³/mol. The smallest absolute Gasteiger partial charge is 0.303 e. The molecule has 3 aliphatic carbocycles. The number of aliphatic carboxylic acids is 1. The second kappa shape index (κ2) is 9.64. The van der Waals surface area contributed by atoms with Crippen molar-refractivity contribution in [3.63, 3.8) is 0 Å². The summed E-state index contributed by atoms with van der Waals surface area (Å²) in [5.41, 5.74) is 0.818. The largest absolute Gasteiger partial charge is 0.481 e. The van der Waals surface area contributed by atoms with Crippen LogP contribution in [0.4, 0.5) is 0 Å². The third kappa shape index (κ3) is 4.55. The number of carboxylic acid groups (broad SMARTS) is 1. The molecule has 3 aliphatic rings. The van der Waals surface area contributed by atoms with Crippen LogP contribution in [-0.2, 0) is 9.53 Å². The first-order chi connectivity index (χ1) is 13.9. The lowest BCUT2D eigenvalue weighted by Crippen LogP contribution is -2.64. The van der Waals surface area contributed by atoms with E-state index in [0.29, 0.717) is 12.8 Å². The first-order valence-corrected chi connectivity index (χ1v) is 11.3. The zero-order chi connectivity index (χ0) is 21.0. The number of hydrogen-bond donors (Lipinski definition) is 3. The van der Waals surface area contributed by atoms with E-state index in [0.717, 1.165) is 38.5 Å². The van der Waals surface area contributed by atoms with Gasteiger partial charge in [-0.2, -0.15) is 0 Å². The highest BCUT2D eigenvalue weighted by Crippen LogP contribution is 2.60. The van der Waals surface area contributed by atoms with Gasteiger partial charge in [0.25, 0.3) is 0 Å². The number of hydrogen-bond acceptors (Lipinski definition) is 4. The first kappa shape index (κ1) is 22.3. The molecule has 0 spiro atoms. The maximum absolute atomic E-state index is 10.8. The molecule has 0 bridgehead atoms. The fourth-order valence-electron chi connectivity index (χ4n) is 5.93. The SMILES string of the molecule is COC12CCC(O)C(C#CC(O)C3CCCCC3)C1C(C)/C2=C/CCCC(=O)O. The Morgan fingerprint density at radius 2 is 2.03 bits per heavy atom. The molecule has 0 aromatic rings. The zero-order valence-corrected chi connectivity index (χ0v) is 17.8. The van der Waals surface area contributed by atoms with Crippen molar-refractivity contribution < 1.29 is 24.9 Å². The average Bonchev–Trinajstić information content (AvgIpc) is 2.72. The van der Waals surface area contributed by atoms with Crippen LogP contribution in [0.2, 0.25) is 0 Å². The summed E-state index contributed by atoms with van der Waals surface area (Å²) in [5, 5.41) is 30.1. The first-order valence-electron chi connectivity index (χ1n) is 11.3. The van der Waals surface area contributed by atoms with Gasteiger partial charge in [0.05, 0.1) is 17.6 Å². The molecule has 3 fully saturated rings. The van der Waals surface area contributed by atoms with Crippen LogP contribution in [0.15, 0.2) is 11.6 Å². The molecule has 0 amide bonds. The highest BCUT2D eigenvalue weighted by Gasteiger charge is 2.62. The van der Waals surface area contributed by atoms with Crippen molar-refractivity contribution in [3.8, 4) is 11.8 Å². The van der Waals surface area contributed by atoms with Crippen LogP contribution >= 0.6 is 0 Å². The topological polar surface area (TPSA) is 87.0 Å². The van der Waals surface area contributed by atoms with Gasteiger partial charge in [-0.15, -0.1) is 0 Å². The van der Waals surface area contributed by atoms with E-state index in [2.05, 4.69) is 24.8 Å². The van der Waals surface area contributed by atoms with E-state index < -0.39 is 23.8 Å². The Kier molecular flexibility index (Phi) is 7.42. The van der Waals surface area contributed by atoms with Crippen LogP contribution in [0.3, 0.4) is 0 Å². The van der Waals surface area contributed by atoms with Crippen molar-refractivity contribution in [1.29, 1.82) is 0 Å². The van der Waals surface area contributed by atoms with Gasteiger partial charge < -0.3 is 20.1 Å². The minimum Gasteiger partial charge on any atom is -0.481 e. The predicted octanol–water partition coefficient (Wildman–Crippen LogP) is 3.53. The molecule has 162 valence electrons. The molecular formula is C24H36O5. The molecule has 3 N–H and O–H groups in total. The number of ether oxygens (including phenoxy) is 1. The third-order valence-electron chi connectivity index (χ3n) is 7.49. The van der Waals surface area contributed by atoms with Gasteiger partial charge in [0, 0.05) is 19.4 Å². The van der Waals surface area contributed by atoms with Crippen molar-refractivity contribution in [2.45, 2.75) is 88.9 Å². The Bertz CT molecular complexity index is 668. The molecule has 3 rings (SSSR count). The molecule has 6 atom stereocenters. The van der Waals surface area contributed by atoms with Gasteiger partial charge in [-0.1, -0.05) is 44.1 Å². The van der Waals surface area contributed by atoms with Crippen molar-refractivity contribution in [2.24, 2.45) is 23.7 Å². The molecule has 0 saturated heterocycles. The molecule has 29 heavy (non-hydrogen) atoms. The van der Waals surface area contributed by atoms with Gasteiger partial charge >= 0.3 is 5.97 Å².